The number of benzene rings is 1. The zero-order valence-corrected chi connectivity index (χ0v) is 9.90. The van der Waals surface area contributed by atoms with Crippen LogP contribution >= 0.6 is 0 Å². The Hall–Kier alpha value is -1.02. The SMILES string of the molecule is CCC(C)CN(C)Cc1cccc(O)c1. The number of phenolic OH excluding ortho intramolecular Hbond substituents is 1. The van der Waals surface area contributed by atoms with E-state index in [1.165, 1.54) is 12.0 Å². The van der Waals surface area contributed by atoms with E-state index in [1.54, 1.807) is 6.07 Å². The van der Waals surface area contributed by atoms with Crippen molar-refractivity contribution >= 4 is 0 Å². The molecule has 1 aromatic carbocycles. The predicted octanol–water partition coefficient (Wildman–Crippen LogP) is 2.87. The van der Waals surface area contributed by atoms with Crippen molar-refractivity contribution in [3.05, 3.63) is 29.8 Å². The molecule has 2 heteroatoms. The van der Waals surface area contributed by atoms with E-state index in [4.69, 9.17) is 0 Å². The van der Waals surface area contributed by atoms with Gasteiger partial charge in [0, 0.05) is 13.1 Å². The first-order chi connectivity index (χ1) is 7.11. The van der Waals surface area contributed by atoms with Crippen LogP contribution in [-0.2, 0) is 6.54 Å². The van der Waals surface area contributed by atoms with E-state index in [1.807, 2.05) is 18.2 Å². The van der Waals surface area contributed by atoms with Crippen LogP contribution in [0.2, 0.25) is 0 Å². The van der Waals surface area contributed by atoms with E-state index in [0.29, 0.717) is 5.75 Å². The zero-order chi connectivity index (χ0) is 11.3. The van der Waals surface area contributed by atoms with Crippen LogP contribution in [0.1, 0.15) is 25.8 Å². The summed E-state index contributed by atoms with van der Waals surface area (Å²) in [5, 5.41) is 9.34. The van der Waals surface area contributed by atoms with Gasteiger partial charge in [-0.2, -0.15) is 0 Å². The molecule has 2 nitrogen and oxygen atoms in total. The minimum Gasteiger partial charge on any atom is -0.508 e. The topological polar surface area (TPSA) is 23.5 Å². The Morgan fingerprint density at radius 1 is 1.40 bits per heavy atom. The van der Waals surface area contributed by atoms with E-state index in [2.05, 4.69) is 25.8 Å². The fourth-order valence-corrected chi connectivity index (χ4v) is 1.69. The Morgan fingerprint density at radius 2 is 2.13 bits per heavy atom. The maximum absolute atomic E-state index is 9.34. The first-order valence-electron chi connectivity index (χ1n) is 5.58. The summed E-state index contributed by atoms with van der Waals surface area (Å²) >= 11 is 0. The lowest BCUT2D eigenvalue weighted by molar-refractivity contribution is 0.275. The zero-order valence-electron chi connectivity index (χ0n) is 9.90. The second kappa shape index (κ2) is 5.76. The maximum atomic E-state index is 9.34. The van der Waals surface area contributed by atoms with E-state index in [0.717, 1.165) is 19.0 Å². The van der Waals surface area contributed by atoms with Gasteiger partial charge in [0.2, 0.25) is 0 Å². The van der Waals surface area contributed by atoms with Crippen LogP contribution in [0.4, 0.5) is 0 Å². The second-order valence-electron chi connectivity index (χ2n) is 4.38. The Balaban J connectivity index is 2.47. The van der Waals surface area contributed by atoms with Crippen molar-refractivity contribution < 1.29 is 5.11 Å². The van der Waals surface area contributed by atoms with Gasteiger partial charge in [-0.3, -0.25) is 0 Å². The Morgan fingerprint density at radius 3 is 2.73 bits per heavy atom. The summed E-state index contributed by atoms with van der Waals surface area (Å²) in [6, 6.07) is 7.47. The average Bonchev–Trinajstić information content (AvgIpc) is 2.17. The van der Waals surface area contributed by atoms with Crippen LogP contribution in [0.15, 0.2) is 24.3 Å². The summed E-state index contributed by atoms with van der Waals surface area (Å²) in [4.78, 5) is 2.29. The monoisotopic (exact) mass is 207 g/mol. The van der Waals surface area contributed by atoms with Crippen LogP contribution in [0.25, 0.3) is 0 Å². The van der Waals surface area contributed by atoms with Gasteiger partial charge in [0.25, 0.3) is 0 Å². The molecular formula is C13H21NO. The largest absolute Gasteiger partial charge is 0.508 e. The third-order valence-corrected chi connectivity index (χ3v) is 2.68. The Bertz CT molecular complexity index is 298. The van der Waals surface area contributed by atoms with Crippen molar-refractivity contribution in [1.29, 1.82) is 0 Å². The van der Waals surface area contributed by atoms with Crippen LogP contribution in [0.5, 0.6) is 5.75 Å². The molecule has 0 bridgehead atoms. The summed E-state index contributed by atoms with van der Waals surface area (Å²) in [6.45, 7) is 6.48. The summed E-state index contributed by atoms with van der Waals surface area (Å²) in [6.07, 6.45) is 1.21. The minimum absolute atomic E-state index is 0.351. The first-order valence-corrected chi connectivity index (χ1v) is 5.58. The number of rotatable bonds is 5. The van der Waals surface area contributed by atoms with Crippen molar-refractivity contribution in [1.82, 2.24) is 4.90 Å². The number of hydrogen-bond acceptors (Lipinski definition) is 2. The molecule has 1 rings (SSSR count). The van der Waals surface area contributed by atoms with Crippen LogP contribution in [0, 0.1) is 5.92 Å². The number of nitrogens with zero attached hydrogens (tertiary/aromatic N) is 1. The van der Waals surface area contributed by atoms with Gasteiger partial charge in [-0.1, -0.05) is 32.4 Å². The van der Waals surface area contributed by atoms with Crippen molar-refractivity contribution in [3.8, 4) is 5.75 Å². The quantitative estimate of drug-likeness (QED) is 0.802. The molecule has 0 aliphatic carbocycles. The molecule has 0 spiro atoms. The molecule has 0 aliphatic heterocycles. The van der Waals surface area contributed by atoms with E-state index in [9.17, 15) is 5.11 Å². The van der Waals surface area contributed by atoms with Crippen LogP contribution in [0.3, 0.4) is 0 Å². The molecule has 1 aromatic rings. The van der Waals surface area contributed by atoms with E-state index < -0.39 is 0 Å². The second-order valence-corrected chi connectivity index (χ2v) is 4.38. The minimum atomic E-state index is 0.351. The van der Waals surface area contributed by atoms with E-state index in [-0.39, 0.29) is 0 Å². The van der Waals surface area contributed by atoms with Gasteiger partial charge in [-0.05, 0) is 30.7 Å². The lowest BCUT2D eigenvalue weighted by Crippen LogP contribution is -2.23. The summed E-state index contributed by atoms with van der Waals surface area (Å²) in [5.74, 6) is 1.08. The highest BCUT2D eigenvalue weighted by molar-refractivity contribution is 5.26. The number of aromatic hydroxyl groups is 1. The number of phenols is 1. The third kappa shape index (κ3) is 4.34. The molecule has 15 heavy (non-hydrogen) atoms. The Labute approximate surface area is 92.5 Å². The molecule has 0 fully saturated rings. The molecule has 1 N–H and O–H groups in total. The molecule has 0 radical (unpaired) electrons. The molecule has 1 atom stereocenters. The highest BCUT2D eigenvalue weighted by Gasteiger charge is 2.05. The predicted molar refractivity (Wildman–Crippen MR) is 63.9 cm³/mol. The van der Waals surface area contributed by atoms with Crippen molar-refractivity contribution in [2.75, 3.05) is 13.6 Å². The molecule has 0 amide bonds. The molecule has 0 saturated carbocycles. The molecule has 84 valence electrons. The molecular weight excluding hydrogens is 186 g/mol. The van der Waals surface area contributed by atoms with Gasteiger partial charge in [-0.25, -0.2) is 0 Å². The molecule has 1 unspecified atom stereocenters. The molecule has 0 saturated heterocycles. The van der Waals surface area contributed by atoms with E-state index >= 15 is 0 Å². The lowest BCUT2D eigenvalue weighted by Gasteiger charge is -2.20. The van der Waals surface area contributed by atoms with Gasteiger partial charge in [0.15, 0.2) is 0 Å². The van der Waals surface area contributed by atoms with Gasteiger partial charge >= 0.3 is 0 Å². The maximum Gasteiger partial charge on any atom is 0.115 e. The summed E-state index contributed by atoms with van der Waals surface area (Å²) in [5.41, 5.74) is 1.17. The lowest BCUT2D eigenvalue weighted by atomic mass is 10.1. The van der Waals surface area contributed by atoms with Crippen molar-refractivity contribution in [3.63, 3.8) is 0 Å². The molecule has 0 aliphatic rings. The highest BCUT2D eigenvalue weighted by Crippen LogP contribution is 2.13. The summed E-state index contributed by atoms with van der Waals surface area (Å²) < 4.78 is 0. The standard InChI is InChI=1S/C13H21NO/c1-4-11(2)9-14(3)10-12-6-5-7-13(15)8-12/h5-8,11,15H,4,9-10H2,1-3H3. The molecule has 0 aromatic heterocycles. The Kier molecular flexibility index (Phi) is 4.63. The highest BCUT2D eigenvalue weighted by atomic mass is 16.3. The van der Waals surface area contributed by atoms with Gasteiger partial charge in [-0.15, -0.1) is 0 Å². The van der Waals surface area contributed by atoms with Gasteiger partial charge < -0.3 is 10.0 Å². The van der Waals surface area contributed by atoms with Crippen molar-refractivity contribution in [2.24, 2.45) is 5.92 Å². The fourth-order valence-electron chi connectivity index (χ4n) is 1.69. The average molecular weight is 207 g/mol. The number of hydrogen-bond donors (Lipinski definition) is 1. The van der Waals surface area contributed by atoms with Crippen LogP contribution < -0.4 is 0 Å². The van der Waals surface area contributed by atoms with Gasteiger partial charge in [0.1, 0.15) is 5.75 Å². The first kappa shape index (κ1) is 12.1. The fraction of sp³-hybridized carbons (Fsp3) is 0.538. The third-order valence-electron chi connectivity index (χ3n) is 2.68. The van der Waals surface area contributed by atoms with Crippen LogP contribution in [-0.4, -0.2) is 23.6 Å². The van der Waals surface area contributed by atoms with Gasteiger partial charge in [0.05, 0.1) is 0 Å². The molecule has 0 heterocycles. The normalized spacial score (nSPS) is 13.1. The van der Waals surface area contributed by atoms with Crippen molar-refractivity contribution in [2.45, 2.75) is 26.8 Å². The summed E-state index contributed by atoms with van der Waals surface area (Å²) in [7, 11) is 2.12. The smallest absolute Gasteiger partial charge is 0.115 e.